The highest BCUT2D eigenvalue weighted by Crippen LogP contribution is 2.30. The third kappa shape index (κ3) is 5.02. The Labute approximate surface area is 158 Å². The summed E-state index contributed by atoms with van der Waals surface area (Å²) in [5, 5.41) is 6.32. The van der Waals surface area contributed by atoms with Crippen molar-refractivity contribution in [2.24, 2.45) is 0 Å². The molecule has 0 bridgehead atoms. The predicted molar refractivity (Wildman–Crippen MR) is 104 cm³/mol. The summed E-state index contributed by atoms with van der Waals surface area (Å²) in [4.78, 5) is 29.8. The predicted octanol–water partition coefficient (Wildman–Crippen LogP) is 1.68. The molecule has 1 aromatic heterocycles. The van der Waals surface area contributed by atoms with Crippen molar-refractivity contribution in [2.45, 2.75) is 38.5 Å². The minimum atomic E-state index is -0.386. The molecule has 1 saturated heterocycles. The molecule has 2 aromatic rings. The number of piperidine rings is 1. The summed E-state index contributed by atoms with van der Waals surface area (Å²) in [5.41, 5.74) is 1.06. The second kappa shape index (κ2) is 9.09. The molecule has 1 aliphatic heterocycles. The molecule has 6 nitrogen and oxygen atoms in total. The number of imide groups is 1. The molecule has 140 valence electrons. The van der Waals surface area contributed by atoms with E-state index >= 15 is 0 Å². The number of aromatic nitrogens is 1. The van der Waals surface area contributed by atoms with Crippen molar-refractivity contribution in [2.75, 3.05) is 26.2 Å². The van der Waals surface area contributed by atoms with Gasteiger partial charge in [-0.2, -0.15) is 0 Å². The Morgan fingerprint density at radius 1 is 1.35 bits per heavy atom. The maximum Gasteiger partial charge on any atom is 0.321 e. The summed E-state index contributed by atoms with van der Waals surface area (Å²) in [6, 6.07) is 7.82. The zero-order chi connectivity index (χ0) is 18.4. The standard InChI is InChI=1S/C19H26N4O2S/c1-2-3-10-20-19(25)22-17(24)13-23-11-6-7-14(12-23)18-21-15-8-4-5-9-16(15)26-18/h4-5,8-9,14H,2-3,6-7,10-13H2,1H3,(H2,20,22,24,25)/p+1/t14-/m0/s1. The number of quaternary nitrogens is 1. The first-order valence-corrected chi connectivity index (χ1v) is 10.2. The highest BCUT2D eigenvalue weighted by Gasteiger charge is 2.28. The Morgan fingerprint density at radius 2 is 2.19 bits per heavy atom. The van der Waals surface area contributed by atoms with Crippen molar-refractivity contribution in [3.8, 4) is 0 Å². The van der Waals surface area contributed by atoms with Crippen molar-refractivity contribution in [1.29, 1.82) is 0 Å². The molecule has 2 heterocycles. The van der Waals surface area contributed by atoms with Crippen LogP contribution >= 0.6 is 11.3 Å². The van der Waals surface area contributed by atoms with Gasteiger partial charge in [-0.05, 0) is 31.4 Å². The van der Waals surface area contributed by atoms with Crippen LogP contribution in [0.25, 0.3) is 10.2 Å². The molecule has 1 fully saturated rings. The minimum absolute atomic E-state index is 0.209. The molecule has 1 aliphatic rings. The SMILES string of the molecule is CCCCNC(=O)NC(=O)C[NH+]1CCC[C@H](c2nc3ccccc3s2)C1. The van der Waals surface area contributed by atoms with Crippen molar-refractivity contribution in [1.82, 2.24) is 15.6 Å². The van der Waals surface area contributed by atoms with Gasteiger partial charge in [0.15, 0.2) is 6.54 Å². The number of amides is 3. The van der Waals surface area contributed by atoms with Crippen LogP contribution in [-0.4, -0.2) is 43.1 Å². The molecule has 3 rings (SSSR count). The number of urea groups is 1. The van der Waals surface area contributed by atoms with E-state index in [-0.39, 0.29) is 11.9 Å². The van der Waals surface area contributed by atoms with Crippen LogP contribution in [0.5, 0.6) is 0 Å². The zero-order valence-electron chi connectivity index (χ0n) is 15.2. The van der Waals surface area contributed by atoms with Gasteiger partial charge < -0.3 is 10.2 Å². The highest BCUT2D eigenvalue weighted by molar-refractivity contribution is 7.18. The highest BCUT2D eigenvalue weighted by atomic mass is 32.1. The maximum absolute atomic E-state index is 12.1. The van der Waals surface area contributed by atoms with E-state index < -0.39 is 0 Å². The number of carbonyl (C=O) groups excluding carboxylic acids is 2. The first kappa shape index (κ1) is 18.8. The number of para-hydroxylation sites is 1. The second-order valence-corrected chi connectivity index (χ2v) is 7.96. The first-order valence-electron chi connectivity index (χ1n) is 9.42. The van der Waals surface area contributed by atoms with E-state index in [0.717, 1.165) is 44.3 Å². The van der Waals surface area contributed by atoms with E-state index in [1.807, 2.05) is 18.2 Å². The number of thiazole rings is 1. The van der Waals surface area contributed by atoms with Crippen LogP contribution in [0.1, 0.15) is 43.5 Å². The van der Waals surface area contributed by atoms with Crippen LogP contribution in [0.15, 0.2) is 24.3 Å². The molecule has 1 unspecified atom stereocenters. The van der Waals surface area contributed by atoms with Crippen molar-refractivity contribution >= 4 is 33.5 Å². The number of likely N-dealkylation sites (tertiary alicyclic amines) is 1. The number of benzene rings is 1. The number of nitrogens with zero attached hydrogens (tertiary/aromatic N) is 1. The van der Waals surface area contributed by atoms with Crippen LogP contribution in [0.2, 0.25) is 0 Å². The van der Waals surface area contributed by atoms with E-state index in [1.54, 1.807) is 11.3 Å². The van der Waals surface area contributed by atoms with Gasteiger partial charge in [0.1, 0.15) is 5.01 Å². The van der Waals surface area contributed by atoms with Gasteiger partial charge in [0.25, 0.3) is 5.91 Å². The quantitative estimate of drug-likeness (QED) is 0.673. The van der Waals surface area contributed by atoms with Crippen LogP contribution in [0.3, 0.4) is 0 Å². The van der Waals surface area contributed by atoms with Gasteiger partial charge in [0.05, 0.1) is 29.2 Å². The van der Waals surface area contributed by atoms with Gasteiger partial charge in [-0.3, -0.25) is 10.1 Å². The Hall–Kier alpha value is -1.99. The van der Waals surface area contributed by atoms with E-state index in [2.05, 4.69) is 23.6 Å². The molecular formula is C19H27N4O2S+. The number of hydrogen-bond acceptors (Lipinski definition) is 4. The van der Waals surface area contributed by atoms with Crippen molar-refractivity contribution in [3.05, 3.63) is 29.3 Å². The average molecular weight is 376 g/mol. The smallest absolute Gasteiger partial charge is 0.321 e. The Morgan fingerprint density at radius 3 is 3.00 bits per heavy atom. The lowest BCUT2D eigenvalue weighted by atomic mass is 9.99. The van der Waals surface area contributed by atoms with Crippen LogP contribution in [-0.2, 0) is 4.79 Å². The summed E-state index contributed by atoms with van der Waals surface area (Å²) in [5.74, 6) is 0.182. The Bertz CT molecular complexity index is 728. The second-order valence-electron chi connectivity index (χ2n) is 6.90. The molecule has 0 saturated carbocycles. The molecule has 0 radical (unpaired) electrons. The Balaban J connectivity index is 1.51. The van der Waals surface area contributed by atoms with E-state index in [4.69, 9.17) is 4.98 Å². The summed E-state index contributed by atoms with van der Waals surface area (Å²) in [6.45, 7) is 4.86. The lowest BCUT2D eigenvalue weighted by Gasteiger charge is -2.28. The fourth-order valence-corrected chi connectivity index (χ4v) is 4.51. The molecule has 7 heteroatoms. The first-order chi connectivity index (χ1) is 12.7. The number of unbranched alkanes of at least 4 members (excludes halogenated alkanes) is 1. The van der Waals surface area contributed by atoms with Gasteiger partial charge in [-0.15, -0.1) is 11.3 Å². The number of carbonyl (C=O) groups is 2. The summed E-state index contributed by atoms with van der Waals surface area (Å²) in [6.07, 6.45) is 4.12. The lowest BCUT2D eigenvalue weighted by Crippen LogP contribution is -3.14. The van der Waals surface area contributed by atoms with Crippen LogP contribution in [0.4, 0.5) is 4.79 Å². The average Bonchev–Trinajstić information content (AvgIpc) is 3.06. The molecule has 2 atom stereocenters. The number of hydrogen-bond donors (Lipinski definition) is 3. The van der Waals surface area contributed by atoms with Gasteiger partial charge in [0, 0.05) is 6.54 Å². The number of rotatable bonds is 6. The topological polar surface area (TPSA) is 75.5 Å². The third-order valence-electron chi connectivity index (χ3n) is 4.76. The monoisotopic (exact) mass is 375 g/mol. The molecule has 0 spiro atoms. The van der Waals surface area contributed by atoms with Gasteiger partial charge >= 0.3 is 6.03 Å². The van der Waals surface area contributed by atoms with E-state index in [9.17, 15) is 9.59 Å². The van der Waals surface area contributed by atoms with Gasteiger partial charge in [0.2, 0.25) is 0 Å². The zero-order valence-corrected chi connectivity index (χ0v) is 16.0. The molecular weight excluding hydrogens is 348 g/mol. The minimum Gasteiger partial charge on any atom is -0.338 e. The van der Waals surface area contributed by atoms with Crippen molar-refractivity contribution < 1.29 is 14.5 Å². The Kier molecular flexibility index (Phi) is 6.57. The molecule has 0 aliphatic carbocycles. The number of fused-ring (bicyclic) bond motifs is 1. The van der Waals surface area contributed by atoms with Gasteiger partial charge in [-0.1, -0.05) is 25.5 Å². The fraction of sp³-hybridized carbons (Fsp3) is 0.526. The van der Waals surface area contributed by atoms with Crippen molar-refractivity contribution in [3.63, 3.8) is 0 Å². The third-order valence-corrected chi connectivity index (χ3v) is 5.96. The fourth-order valence-electron chi connectivity index (χ4n) is 3.41. The summed E-state index contributed by atoms with van der Waals surface area (Å²) < 4.78 is 1.22. The largest absolute Gasteiger partial charge is 0.338 e. The normalized spacial score (nSPS) is 20.0. The van der Waals surface area contributed by atoms with Crippen LogP contribution < -0.4 is 15.5 Å². The molecule has 3 amide bonds. The number of nitrogens with one attached hydrogen (secondary N) is 3. The summed E-state index contributed by atoms with van der Waals surface area (Å²) in [7, 11) is 0. The lowest BCUT2D eigenvalue weighted by molar-refractivity contribution is -0.898. The van der Waals surface area contributed by atoms with E-state index in [0.29, 0.717) is 19.0 Å². The maximum atomic E-state index is 12.1. The summed E-state index contributed by atoms with van der Waals surface area (Å²) >= 11 is 1.76. The van der Waals surface area contributed by atoms with Crippen LogP contribution in [0, 0.1) is 0 Å². The molecule has 1 aromatic carbocycles. The van der Waals surface area contributed by atoms with E-state index in [1.165, 1.54) is 14.6 Å². The molecule has 26 heavy (non-hydrogen) atoms. The van der Waals surface area contributed by atoms with Gasteiger partial charge in [-0.25, -0.2) is 9.78 Å². The molecule has 3 N–H and O–H groups in total.